The molecule has 74 valence electrons. The van der Waals surface area contributed by atoms with Crippen LogP contribution in [0.15, 0.2) is 12.7 Å². The van der Waals surface area contributed by atoms with Gasteiger partial charge in [0.05, 0.1) is 0 Å². The smallest absolute Gasteiger partial charge is 0.317 e. The van der Waals surface area contributed by atoms with Crippen LogP contribution in [-0.2, 0) is 0 Å². The first kappa shape index (κ1) is 10.4. The molecule has 1 saturated heterocycles. The Bertz CT molecular complexity index is 196. The fraction of sp³-hybridized carbons (Fsp3) is 0.667. The lowest BCUT2D eigenvalue weighted by atomic mass is 10.3. The number of hydrogen-bond donors (Lipinski definition) is 1. The van der Waals surface area contributed by atoms with E-state index in [0.717, 1.165) is 18.1 Å². The number of thioether (sulfide) groups is 1. The average molecular weight is 200 g/mol. The van der Waals surface area contributed by atoms with Crippen LogP contribution < -0.4 is 5.32 Å². The SMILES string of the molecule is C=CCNC(=O)N1CCSCC1C. The van der Waals surface area contributed by atoms with Crippen molar-refractivity contribution in [2.24, 2.45) is 0 Å². The Morgan fingerprint density at radius 2 is 2.62 bits per heavy atom. The van der Waals surface area contributed by atoms with E-state index in [1.54, 1.807) is 6.08 Å². The lowest BCUT2D eigenvalue weighted by molar-refractivity contribution is 0.187. The van der Waals surface area contributed by atoms with Gasteiger partial charge in [-0.05, 0) is 6.92 Å². The Labute approximate surface area is 83.6 Å². The number of nitrogens with zero attached hydrogens (tertiary/aromatic N) is 1. The van der Waals surface area contributed by atoms with Crippen LogP contribution in [0.1, 0.15) is 6.92 Å². The van der Waals surface area contributed by atoms with E-state index < -0.39 is 0 Å². The predicted octanol–water partition coefficient (Wildman–Crippen LogP) is 1.32. The van der Waals surface area contributed by atoms with Crippen LogP contribution in [-0.4, -0.2) is 41.6 Å². The highest BCUT2D eigenvalue weighted by atomic mass is 32.2. The first-order chi connectivity index (χ1) is 6.25. The van der Waals surface area contributed by atoms with E-state index in [1.807, 2.05) is 16.7 Å². The van der Waals surface area contributed by atoms with Gasteiger partial charge in [0.2, 0.25) is 0 Å². The maximum Gasteiger partial charge on any atom is 0.317 e. The van der Waals surface area contributed by atoms with E-state index in [1.165, 1.54) is 0 Å². The van der Waals surface area contributed by atoms with Crippen molar-refractivity contribution in [2.45, 2.75) is 13.0 Å². The quantitative estimate of drug-likeness (QED) is 0.682. The second-order valence-electron chi connectivity index (χ2n) is 3.09. The number of amides is 2. The molecule has 1 unspecified atom stereocenters. The molecule has 1 aliphatic heterocycles. The van der Waals surface area contributed by atoms with Gasteiger partial charge < -0.3 is 10.2 Å². The predicted molar refractivity (Wildman–Crippen MR) is 57.1 cm³/mol. The van der Waals surface area contributed by atoms with Gasteiger partial charge >= 0.3 is 6.03 Å². The van der Waals surface area contributed by atoms with Crippen LogP contribution in [0.25, 0.3) is 0 Å². The van der Waals surface area contributed by atoms with E-state index in [9.17, 15) is 4.79 Å². The summed E-state index contributed by atoms with van der Waals surface area (Å²) in [5.41, 5.74) is 0. The van der Waals surface area contributed by atoms with Crippen molar-refractivity contribution < 1.29 is 4.79 Å². The zero-order valence-electron chi connectivity index (χ0n) is 7.95. The molecular weight excluding hydrogens is 184 g/mol. The third-order valence-electron chi connectivity index (χ3n) is 2.03. The minimum Gasteiger partial charge on any atom is -0.335 e. The summed E-state index contributed by atoms with van der Waals surface area (Å²) in [6.45, 7) is 7.05. The Hall–Kier alpha value is -0.640. The molecule has 4 heteroatoms. The minimum absolute atomic E-state index is 0.0349. The summed E-state index contributed by atoms with van der Waals surface area (Å²) in [6.07, 6.45) is 1.70. The molecule has 1 heterocycles. The molecule has 1 N–H and O–H groups in total. The van der Waals surface area contributed by atoms with Crippen LogP contribution in [0.3, 0.4) is 0 Å². The second-order valence-corrected chi connectivity index (χ2v) is 4.24. The first-order valence-corrected chi connectivity index (χ1v) is 5.64. The van der Waals surface area contributed by atoms with Crippen molar-refractivity contribution in [3.63, 3.8) is 0 Å². The molecule has 0 aromatic heterocycles. The van der Waals surface area contributed by atoms with Gasteiger partial charge in [-0.2, -0.15) is 11.8 Å². The first-order valence-electron chi connectivity index (χ1n) is 4.49. The topological polar surface area (TPSA) is 32.3 Å². The molecule has 3 nitrogen and oxygen atoms in total. The van der Waals surface area contributed by atoms with Crippen LogP contribution >= 0.6 is 11.8 Å². The zero-order valence-corrected chi connectivity index (χ0v) is 8.77. The largest absolute Gasteiger partial charge is 0.335 e. The van der Waals surface area contributed by atoms with E-state index in [4.69, 9.17) is 0 Å². The number of urea groups is 1. The maximum absolute atomic E-state index is 11.5. The van der Waals surface area contributed by atoms with Gasteiger partial charge in [0.15, 0.2) is 0 Å². The minimum atomic E-state index is 0.0349. The second kappa shape index (κ2) is 5.17. The average Bonchev–Trinajstić information content (AvgIpc) is 2.15. The van der Waals surface area contributed by atoms with Gasteiger partial charge in [0.25, 0.3) is 0 Å². The summed E-state index contributed by atoms with van der Waals surface area (Å²) >= 11 is 1.91. The molecule has 0 aromatic rings. The van der Waals surface area contributed by atoms with Crippen molar-refractivity contribution in [3.05, 3.63) is 12.7 Å². The summed E-state index contributed by atoms with van der Waals surface area (Å²) in [5.74, 6) is 2.09. The normalized spacial score (nSPS) is 22.5. The van der Waals surface area contributed by atoms with Gasteiger partial charge in [0, 0.05) is 30.6 Å². The number of hydrogen-bond acceptors (Lipinski definition) is 2. The van der Waals surface area contributed by atoms with E-state index in [-0.39, 0.29) is 6.03 Å². The van der Waals surface area contributed by atoms with Gasteiger partial charge in [0.1, 0.15) is 0 Å². The number of carbonyl (C=O) groups is 1. The Morgan fingerprint density at radius 1 is 1.85 bits per heavy atom. The highest BCUT2D eigenvalue weighted by Crippen LogP contribution is 2.15. The van der Waals surface area contributed by atoms with Gasteiger partial charge in [-0.25, -0.2) is 4.79 Å². The number of rotatable bonds is 2. The van der Waals surface area contributed by atoms with Gasteiger partial charge in [-0.1, -0.05) is 6.08 Å². The summed E-state index contributed by atoms with van der Waals surface area (Å²) in [7, 11) is 0. The fourth-order valence-electron chi connectivity index (χ4n) is 1.29. The fourth-order valence-corrected chi connectivity index (χ4v) is 2.30. The highest BCUT2D eigenvalue weighted by molar-refractivity contribution is 7.99. The Morgan fingerprint density at radius 3 is 3.23 bits per heavy atom. The molecule has 13 heavy (non-hydrogen) atoms. The molecule has 0 aliphatic carbocycles. The van der Waals surface area contributed by atoms with Crippen LogP contribution in [0.5, 0.6) is 0 Å². The Kier molecular flexibility index (Phi) is 4.15. The molecule has 0 bridgehead atoms. The van der Waals surface area contributed by atoms with Crippen LogP contribution in [0, 0.1) is 0 Å². The molecule has 0 spiro atoms. The third kappa shape index (κ3) is 2.95. The lowest BCUT2D eigenvalue weighted by Gasteiger charge is -2.32. The van der Waals surface area contributed by atoms with E-state index in [2.05, 4.69) is 18.8 Å². The summed E-state index contributed by atoms with van der Waals surface area (Å²) in [6, 6.07) is 0.385. The Balaban J connectivity index is 2.39. The molecule has 0 aromatic carbocycles. The number of carbonyl (C=O) groups excluding carboxylic acids is 1. The van der Waals surface area contributed by atoms with Crippen LogP contribution in [0.2, 0.25) is 0 Å². The van der Waals surface area contributed by atoms with Crippen molar-refractivity contribution >= 4 is 17.8 Å². The van der Waals surface area contributed by atoms with Crippen molar-refractivity contribution in [3.8, 4) is 0 Å². The third-order valence-corrected chi connectivity index (χ3v) is 3.22. The van der Waals surface area contributed by atoms with Crippen molar-refractivity contribution in [2.75, 3.05) is 24.6 Å². The number of nitrogens with one attached hydrogen (secondary N) is 1. The maximum atomic E-state index is 11.5. The zero-order chi connectivity index (χ0) is 9.68. The summed E-state index contributed by atoms with van der Waals surface area (Å²) < 4.78 is 0. The van der Waals surface area contributed by atoms with E-state index >= 15 is 0 Å². The van der Waals surface area contributed by atoms with Crippen LogP contribution in [0.4, 0.5) is 4.79 Å². The monoisotopic (exact) mass is 200 g/mol. The molecule has 1 fully saturated rings. The molecule has 1 rings (SSSR count). The molecule has 0 saturated carbocycles. The molecular formula is C9H16N2OS. The van der Waals surface area contributed by atoms with Gasteiger partial charge in [-0.3, -0.25) is 0 Å². The van der Waals surface area contributed by atoms with E-state index in [0.29, 0.717) is 12.6 Å². The molecule has 1 aliphatic rings. The highest BCUT2D eigenvalue weighted by Gasteiger charge is 2.22. The standard InChI is InChI=1S/C9H16N2OS/c1-3-4-10-9(12)11-5-6-13-7-8(11)2/h3,8H,1,4-7H2,2H3,(H,10,12). The lowest BCUT2D eigenvalue weighted by Crippen LogP contribution is -2.49. The van der Waals surface area contributed by atoms with Crippen molar-refractivity contribution in [1.29, 1.82) is 0 Å². The van der Waals surface area contributed by atoms with Crippen molar-refractivity contribution in [1.82, 2.24) is 10.2 Å². The summed E-state index contributed by atoms with van der Waals surface area (Å²) in [5, 5.41) is 2.79. The summed E-state index contributed by atoms with van der Waals surface area (Å²) in [4.78, 5) is 13.4. The van der Waals surface area contributed by atoms with Gasteiger partial charge in [-0.15, -0.1) is 6.58 Å². The molecule has 1 atom stereocenters. The molecule has 0 radical (unpaired) electrons. The molecule has 2 amide bonds.